The molecule has 0 aliphatic heterocycles. The maximum absolute atomic E-state index is 14.4. The van der Waals surface area contributed by atoms with E-state index in [4.69, 9.17) is 9.16 Å². The third-order valence-electron chi connectivity index (χ3n) is 4.59. The van der Waals surface area contributed by atoms with Gasteiger partial charge >= 0.3 is 6.11 Å². The molecule has 0 amide bonds. The molecule has 2 nitrogen and oxygen atoms in total. The van der Waals surface area contributed by atoms with E-state index < -0.39 is 21.0 Å². The molecule has 0 aliphatic carbocycles. The van der Waals surface area contributed by atoms with Crippen LogP contribution in [0.3, 0.4) is 0 Å². The highest BCUT2D eigenvalue weighted by atomic mass is 79.9. The molecule has 0 saturated carbocycles. The van der Waals surface area contributed by atoms with Crippen LogP contribution in [0.4, 0.5) is 8.78 Å². The molecule has 0 bridgehead atoms. The van der Waals surface area contributed by atoms with Gasteiger partial charge < -0.3 is 9.16 Å². The number of rotatable bonds is 8. The van der Waals surface area contributed by atoms with Crippen LogP contribution in [0.5, 0.6) is 5.75 Å². The lowest BCUT2D eigenvalue weighted by Gasteiger charge is -2.42. The van der Waals surface area contributed by atoms with Crippen molar-refractivity contribution >= 4 is 24.2 Å². The van der Waals surface area contributed by atoms with Crippen molar-refractivity contribution in [3.63, 3.8) is 0 Å². The average Bonchev–Trinajstić information content (AvgIpc) is 2.41. The van der Waals surface area contributed by atoms with Gasteiger partial charge in [-0.2, -0.15) is 8.78 Å². The Morgan fingerprint density at radius 1 is 1.04 bits per heavy atom. The summed E-state index contributed by atoms with van der Waals surface area (Å²) in [5.41, 5.74) is 1.41. The Hall–Kier alpha value is -0.463. The molecule has 24 heavy (non-hydrogen) atoms. The first-order chi connectivity index (χ1) is 10.9. The van der Waals surface area contributed by atoms with E-state index in [2.05, 4.69) is 57.5 Å². The molecule has 0 saturated heterocycles. The molecule has 1 rings (SSSR count). The van der Waals surface area contributed by atoms with Gasteiger partial charge in [-0.15, -0.1) is 0 Å². The van der Waals surface area contributed by atoms with Crippen molar-refractivity contribution in [2.45, 2.75) is 71.2 Å². The minimum atomic E-state index is -3.35. The molecule has 0 radical (unpaired) electrons. The van der Waals surface area contributed by atoms with Crippen molar-refractivity contribution in [2.75, 3.05) is 6.61 Å². The second-order valence-corrected chi connectivity index (χ2v) is 13.6. The van der Waals surface area contributed by atoms with Gasteiger partial charge in [-0.1, -0.05) is 57.5 Å². The largest absolute Gasteiger partial charge is 0.431 e. The van der Waals surface area contributed by atoms with Crippen LogP contribution in [0.25, 0.3) is 0 Å². The molecule has 6 heteroatoms. The monoisotopic (exact) mass is 422 g/mol. The van der Waals surface area contributed by atoms with Crippen LogP contribution in [0.15, 0.2) is 22.7 Å². The molecule has 0 aliphatic rings. The van der Waals surface area contributed by atoms with Crippen LogP contribution < -0.4 is 4.74 Å². The first-order valence-electron chi connectivity index (χ1n) is 8.39. The van der Waals surface area contributed by atoms with E-state index in [0.717, 1.165) is 4.47 Å². The maximum Gasteiger partial charge on any atom is 0.420 e. The van der Waals surface area contributed by atoms with Crippen molar-refractivity contribution in [1.29, 1.82) is 0 Å². The molecule has 138 valence electrons. The van der Waals surface area contributed by atoms with E-state index in [-0.39, 0.29) is 22.4 Å². The van der Waals surface area contributed by atoms with Crippen molar-refractivity contribution in [3.05, 3.63) is 28.2 Å². The van der Waals surface area contributed by atoms with E-state index >= 15 is 0 Å². The molecule has 0 spiro atoms. The van der Waals surface area contributed by atoms with E-state index in [1.807, 2.05) is 0 Å². The Labute approximate surface area is 154 Å². The zero-order valence-electron chi connectivity index (χ0n) is 15.6. The highest BCUT2D eigenvalue weighted by Gasteiger charge is 2.48. The number of aryl methyl sites for hydroxylation is 1. The summed E-state index contributed by atoms with van der Waals surface area (Å²) in [4.78, 5) is 0. The molecule has 1 aromatic rings. The Morgan fingerprint density at radius 2 is 1.54 bits per heavy atom. The van der Waals surface area contributed by atoms with Gasteiger partial charge in [-0.05, 0) is 47.3 Å². The second-order valence-electron chi connectivity index (χ2n) is 7.26. The zero-order valence-corrected chi connectivity index (χ0v) is 18.2. The predicted molar refractivity (Wildman–Crippen MR) is 101 cm³/mol. The van der Waals surface area contributed by atoms with Gasteiger partial charge in [0.05, 0.1) is 0 Å². The van der Waals surface area contributed by atoms with Crippen LogP contribution >= 0.6 is 15.9 Å². The highest BCUT2D eigenvalue weighted by molar-refractivity contribution is 9.10. The molecule has 0 fully saturated rings. The number of hydrogen-bond donors (Lipinski definition) is 0. The topological polar surface area (TPSA) is 18.5 Å². The highest BCUT2D eigenvalue weighted by Crippen LogP contribution is 2.43. The minimum Gasteiger partial charge on any atom is -0.431 e. The first kappa shape index (κ1) is 21.6. The minimum absolute atomic E-state index is 0.178. The van der Waals surface area contributed by atoms with Crippen LogP contribution in [0, 0.1) is 6.92 Å². The van der Waals surface area contributed by atoms with E-state index in [9.17, 15) is 8.78 Å². The molecular weight excluding hydrogens is 394 g/mol. The number of alkyl halides is 2. The Morgan fingerprint density at radius 3 is 1.96 bits per heavy atom. The van der Waals surface area contributed by atoms with Crippen LogP contribution in [0.1, 0.15) is 47.1 Å². The number of hydrogen-bond acceptors (Lipinski definition) is 2. The Bertz CT molecular complexity index is 526. The molecular formula is C18H29BrF2O2Si. The van der Waals surface area contributed by atoms with Gasteiger partial charge in [-0.25, -0.2) is 0 Å². The SMILES string of the molecule is Cc1cc(Br)ccc1OC(F)(F)CO[Si](C(C)C)(C(C)C)C(C)C. The predicted octanol–water partition coefficient (Wildman–Crippen LogP) is 6.92. The van der Waals surface area contributed by atoms with Gasteiger partial charge in [0.2, 0.25) is 8.32 Å². The average molecular weight is 423 g/mol. The van der Waals surface area contributed by atoms with E-state index in [1.54, 1.807) is 25.1 Å². The first-order valence-corrected chi connectivity index (χ1v) is 11.3. The summed E-state index contributed by atoms with van der Waals surface area (Å²) >= 11 is 3.32. The fourth-order valence-electron chi connectivity index (χ4n) is 3.63. The lowest BCUT2D eigenvalue weighted by Crippen LogP contribution is -2.50. The van der Waals surface area contributed by atoms with Gasteiger partial charge in [0, 0.05) is 4.47 Å². The lowest BCUT2D eigenvalue weighted by atomic mass is 10.2. The second kappa shape index (κ2) is 8.28. The van der Waals surface area contributed by atoms with Crippen molar-refractivity contribution in [1.82, 2.24) is 0 Å². The fraction of sp³-hybridized carbons (Fsp3) is 0.667. The summed E-state index contributed by atoms with van der Waals surface area (Å²) < 4.78 is 40.5. The molecule has 1 aromatic carbocycles. The Kier molecular flexibility index (Phi) is 7.44. The standard InChI is InChI=1S/C18H29BrF2O2Si/c1-12(2)24(13(3)4,14(5)6)22-11-18(20,21)23-17-9-8-16(19)10-15(17)7/h8-10,12-14H,11H2,1-7H3. The van der Waals surface area contributed by atoms with Gasteiger partial charge in [0.25, 0.3) is 0 Å². The fourth-order valence-corrected chi connectivity index (χ4v) is 9.52. The third-order valence-corrected chi connectivity index (χ3v) is 11.1. The van der Waals surface area contributed by atoms with Gasteiger partial charge in [0.1, 0.15) is 12.4 Å². The van der Waals surface area contributed by atoms with Crippen LogP contribution in [-0.4, -0.2) is 21.0 Å². The summed E-state index contributed by atoms with van der Waals surface area (Å²) in [5, 5.41) is 0. The quantitative estimate of drug-likeness (QED) is 0.423. The summed E-state index contributed by atoms with van der Waals surface area (Å²) in [5.74, 6) is 0.178. The zero-order chi connectivity index (χ0) is 18.7. The van der Waals surface area contributed by atoms with E-state index in [0.29, 0.717) is 5.56 Å². The lowest BCUT2D eigenvalue weighted by molar-refractivity contribution is -0.198. The van der Waals surface area contributed by atoms with Crippen molar-refractivity contribution < 1.29 is 17.9 Å². The van der Waals surface area contributed by atoms with Crippen LogP contribution in [0.2, 0.25) is 16.6 Å². The summed E-state index contributed by atoms with van der Waals surface area (Å²) in [6, 6.07) is 4.99. The van der Waals surface area contributed by atoms with E-state index in [1.165, 1.54) is 0 Å². The van der Waals surface area contributed by atoms with Crippen LogP contribution in [-0.2, 0) is 4.43 Å². The normalized spacial score (nSPS) is 13.2. The molecule has 0 aromatic heterocycles. The number of ether oxygens (including phenoxy) is 1. The van der Waals surface area contributed by atoms with Gasteiger partial charge in [-0.3, -0.25) is 0 Å². The summed E-state index contributed by atoms with van der Waals surface area (Å²) in [6.45, 7) is 13.5. The smallest absolute Gasteiger partial charge is 0.420 e. The maximum atomic E-state index is 14.4. The molecule has 0 N–H and O–H groups in total. The van der Waals surface area contributed by atoms with Crippen molar-refractivity contribution in [3.8, 4) is 5.75 Å². The third kappa shape index (κ3) is 5.02. The summed E-state index contributed by atoms with van der Waals surface area (Å²) in [7, 11) is -2.34. The van der Waals surface area contributed by atoms with Crippen molar-refractivity contribution in [2.24, 2.45) is 0 Å². The van der Waals surface area contributed by atoms with Gasteiger partial charge in [0.15, 0.2) is 0 Å². The number of halogens is 3. The molecule has 0 unspecified atom stereocenters. The molecule has 0 heterocycles. The molecule has 0 atom stereocenters. The Balaban J connectivity index is 2.92. The summed E-state index contributed by atoms with van der Waals surface area (Å²) in [6.07, 6.45) is -3.35. The number of benzene rings is 1.